The number of carbonyl (C=O) groups excluding carboxylic acids is 2. The van der Waals surface area contributed by atoms with Crippen molar-refractivity contribution in [3.63, 3.8) is 0 Å². The Balaban J connectivity index is 1.46. The normalized spacial score (nSPS) is 15.9. The molecular weight excluding hydrogens is 364 g/mol. The lowest BCUT2D eigenvalue weighted by atomic mass is 10.1. The Hall–Kier alpha value is -2.70. The van der Waals surface area contributed by atoms with E-state index in [2.05, 4.69) is 15.5 Å². The van der Waals surface area contributed by atoms with E-state index >= 15 is 0 Å². The summed E-state index contributed by atoms with van der Waals surface area (Å²) in [5.41, 5.74) is 8.42. The van der Waals surface area contributed by atoms with Gasteiger partial charge in [-0.3, -0.25) is 14.5 Å². The van der Waals surface area contributed by atoms with Crippen molar-refractivity contribution < 1.29 is 9.59 Å². The number of nitrogens with one attached hydrogen (secondary N) is 2. The fraction of sp³-hybridized carbons (Fsp3) is 0.391. The van der Waals surface area contributed by atoms with Gasteiger partial charge in [-0.2, -0.15) is 0 Å². The monoisotopic (exact) mass is 394 g/mol. The summed E-state index contributed by atoms with van der Waals surface area (Å²) in [4.78, 5) is 26.8. The van der Waals surface area contributed by atoms with Crippen LogP contribution in [0.2, 0.25) is 0 Å². The van der Waals surface area contributed by atoms with Crippen molar-refractivity contribution in [3.8, 4) is 0 Å². The molecule has 1 fully saturated rings. The van der Waals surface area contributed by atoms with Gasteiger partial charge in [-0.05, 0) is 62.2 Å². The Labute approximate surface area is 172 Å². The number of benzene rings is 2. The maximum absolute atomic E-state index is 12.3. The molecule has 154 valence electrons. The van der Waals surface area contributed by atoms with Gasteiger partial charge in [0.1, 0.15) is 0 Å². The Kier molecular flexibility index (Phi) is 7.78. The van der Waals surface area contributed by atoms with Gasteiger partial charge in [0.25, 0.3) is 0 Å². The summed E-state index contributed by atoms with van der Waals surface area (Å²) in [6.07, 6.45) is 5.31. The summed E-state index contributed by atoms with van der Waals surface area (Å²) in [5.74, 6) is -0.236. The molecule has 29 heavy (non-hydrogen) atoms. The molecule has 1 aliphatic rings. The minimum atomic E-state index is -0.620. The number of rotatable bonds is 7. The molecule has 3 rings (SSSR count). The fourth-order valence-electron chi connectivity index (χ4n) is 3.53. The number of hydrogen-bond acceptors (Lipinski definition) is 4. The van der Waals surface area contributed by atoms with Crippen molar-refractivity contribution in [2.45, 2.75) is 38.1 Å². The van der Waals surface area contributed by atoms with Crippen molar-refractivity contribution in [1.29, 1.82) is 0 Å². The van der Waals surface area contributed by atoms with Crippen LogP contribution in [0.15, 0.2) is 54.6 Å². The average molecular weight is 395 g/mol. The van der Waals surface area contributed by atoms with Crippen molar-refractivity contribution in [3.05, 3.63) is 60.2 Å². The van der Waals surface area contributed by atoms with Gasteiger partial charge in [-0.25, -0.2) is 0 Å². The van der Waals surface area contributed by atoms with Crippen molar-refractivity contribution in [2.24, 2.45) is 5.73 Å². The molecule has 1 aliphatic heterocycles. The SMILES string of the molecule is NC(Cc1ccccc1)C(=O)Nc1ccc(NC(=O)CN2CCCCCC2)cc1. The van der Waals surface area contributed by atoms with Crippen LogP contribution in [0.5, 0.6) is 0 Å². The number of hydrogen-bond donors (Lipinski definition) is 3. The number of likely N-dealkylation sites (tertiary alicyclic amines) is 1. The molecule has 1 atom stereocenters. The largest absolute Gasteiger partial charge is 0.325 e. The Morgan fingerprint density at radius 3 is 2.07 bits per heavy atom. The van der Waals surface area contributed by atoms with Gasteiger partial charge in [-0.15, -0.1) is 0 Å². The maximum atomic E-state index is 12.3. The molecule has 1 saturated heterocycles. The highest BCUT2D eigenvalue weighted by Gasteiger charge is 2.15. The highest BCUT2D eigenvalue weighted by atomic mass is 16.2. The summed E-state index contributed by atoms with van der Waals surface area (Å²) < 4.78 is 0. The number of amides is 2. The first-order valence-corrected chi connectivity index (χ1v) is 10.3. The van der Waals surface area contributed by atoms with Crippen LogP contribution < -0.4 is 16.4 Å². The summed E-state index contributed by atoms with van der Waals surface area (Å²) in [6.45, 7) is 2.40. The maximum Gasteiger partial charge on any atom is 0.241 e. The van der Waals surface area contributed by atoms with E-state index < -0.39 is 6.04 Å². The zero-order chi connectivity index (χ0) is 20.5. The first-order valence-electron chi connectivity index (χ1n) is 10.3. The van der Waals surface area contributed by atoms with Gasteiger partial charge in [0.05, 0.1) is 12.6 Å². The van der Waals surface area contributed by atoms with E-state index in [0.717, 1.165) is 37.2 Å². The summed E-state index contributed by atoms with van der Waals surface area (Å²) in [5, 5.41) is 5.76. The van der Waals surface area contributed by atoms with E-state index in [4.69, 9.17) is 5.73 Å². The van der Waals surface area contributed by atoms with Crippen LogP contribution in [0.25, 0.3) is 0 Å². The molecule has 2 aromatic rings. The molecule has 0 aromatic heterocycles. The highest BCUT2D eigenvalue weighted by Crippen LogP contribution is 2.15. The van der Waals surface area contributed by atoms with Crippen LogP contribution in [0.3, 0.4) is 0 Å². The molecule has 1 heterocycles. The van der Waals surface area contributed by atoms with E-state index in [9.17, 15) is 9.59 Å². The fourth-order valence-corrected chi connectivity index (χ4v) is 3.53. The van der Waals surface area contributed by atoms with Crippen LogP contribution in [-0.2, 0) is 16.0 Å². The lowest BCUT2D eigenvalue weighted by Crippen LogP contribution is -2.37. The van der Waals surface area contributed by atoms with Gasteiger partial charge < -0.3 is 16.4 Å². The van der Waals surface area contributed by atoms with E-state index in [1.165, 1.54) is 12.8 Å². The molecule has 1 unspecified atom stereocenters. The quantitative estimate of drug-likeness (QED) is 0.674. The molecular formula is C23H30N4O2. The van der Waals surface area contributed by atoms with Crippen LogP contribution in [0.1, 0.15) is 31.2 Å². The molecule has 6 heteroatoms. The second-order valence-corrected chi connectivity index (χ2v) is 7.60. The van der Waals surface area contributed by atoms with Gasteiger partial charge >= 0.3 is 0 Å². The number of nitrogens with zero attached hydrogens (tertiary/aromatic N) is 1. The first-order chi connectivity index (χ1) is 14.1. The standard InChI is InChI=1S/C23H30N4O2/c24-21(16-18-8-4-3-5-9-18)23(29)26-20-12-10-19(11-13-20)25-22(28)17-27-14-6-1-2-7-15-27/h3-5,8-13,21H,1-2,6-7,14-17,24H2,(H,25,28)(H,26,29). The zero-order valence-corrected chi connectivity index (χ0v) is 16.8. The first kappa shape index (κ1) is 21.0. The molecule has 0 saturated carbocycles. The van der Waals surface area contributed by atoms with Crippen molar-refractivity contribution >= 4 is 23.2 Å². The van der Waals surface area contributed by atoms with Crippen molar-refractivity contribution in [2.75, 3.05) is 30.3 Å². The average Bonchev–Trinajstić information content (AvgIpc) is 2.98. The molecule has 0 bridgehead atoms. The van der Waals surface area contributed by atoms with Crippen LogP contribution in [-0.4, -0.2) is 42.4 Å². The second-order valence-electron chi connectivity index (χ2n) is 7.60. The lowest BCUT2D eigenvalue weighted by molar-refractivity contribution is -0.118. The molecule has 2 amide bonds. The third-order valence-corrected chi connectivity index (χ3v) is 5.14. The number of anilines is 2. The van der Waals surface area contributed by atoms with Crippen LogP contribution in [0, 0.1) is 0 Å². The number of carbonyl (C=O) groups is 2. The third-order valence-electron chi connectivity index (χ3n) is 5.14. The van der Waals surface area contributed by atoms with Crippen molar-refractivity contribution in [1.82, 2.24) is 4.90 Å². The molecule has 0 radical (unpaired) electrons. The van der Waals surface area contributed by atoms with Crippen LogP contribution >= 0.6 is 0 Å². The lowest BCUT2D eigenvalue weighted by Gasteiger charge is -2.19. The summed E-state index contributed by atoms with van der Waals surface area (Å²) in [6, 6.07) is 16.2. The third kappa shape index (κ3) is 7.00. The van der Waals surface area contributed by atoms with E-state index in [1.807, 2.05) is 30.3 Å². The Bertz CT molecular complexity index is 784. The number of nitrogens with two attached hydrogens (primary N) is 1. The van der Waals surface area contributed by atoms with E-state index in [-0.39, 0.29) is 11.8 Å². The highest BCUT2D eigenvalue weighted by molar-refractivity contribution is 5.96. The summed E-state index contributed by atoms with van der Waals surface area (Å²) >= 11 is 0. The van der Waals surface area contributed by atoms with Gasteiger partial charge in [0.15, 0.2) is 0 Å². The van der Waals surface area contributed by atoms with E-state index in [1.54, 1.807) is 24.3 Å². The molecule has 0 aliphatic carbocycles. The van der Waals surface area contributed by atoms with Crippen LogP contribution in [0.4, 0.5) is 11.4 Å². The minimum Gasteiger partial charge on any atom is -0.325 e. The Morgan fingerprint density at radius 1 is 0.862 bits per heavy atom. The molecule has 0 spiro atoms. The van der Waals surface area contributed by atoms with Gasteiger partial charge in [-0.1, -0.05) is 43.2 Å². The Morgan fingerprint density at radius 2 is 1.45 bits per heavy atom. The van der Waals surface area contributed by atoms with Gasteiger partial charge in [0, 0.05) is 11.4 Å². The van der Waals surface area contributed by atoms with Gasteiger partial charge in [0.2, 0.25) is 11.8 Å². The predicted molar refractivity (Wildman–Crippen MR) is 117 cm³/mol. The zero-order valence-electron chi connectivity index (χ0n) is 16.8. The summed E-state index contributed by atoms with van der Waals surface area (Å²) in [7, 11) is 0. The molecule has 4 N–H and O–H groups in total. The predicted octanol–water partition coefficient (Wildman–Crippen LogP) is 3.01. The topological polar surface area (TPSA) is 87.5 Å². The van der Waals surface area contributed by atoms with E-state index in [0.29, 0.717) is 18.7 Å². The minimum absolute atomic E-state index is 0.00595. The smallest absolute Gasteiger partial charge is 0.241 e. The second kappa shape index (κ2) is 10.7. The molecule has 2 aromatic carbocycles. The molecule has 6 nitrogen and oxygen atoms in total.